The predicted molar refractivity (Wildman–Crippen MR) is 111 cm³/mol. The van der Waals surface area contributed by atoms with Crippen LogP contribution in [0.1, 0.15) is 10.4 Å². The van der Waals surface area contributed by atoms with Gasteiger partial charge in [0, 0.05) is 5.56 Å². The largest absolute Gasteiger partial charge is 0.457 e. The van der Waals surface area contributed by atoms with Crippen LogP contribution >= 0.6 is 11.3 Å². The molecule has 142 valence electrons. The monoisotopic (exact) mass is 402 g/mol. The molecule has 4 nitrogen and oxygen atoms in total. The highest BCUT2D eigenvalue weighted by molar-refractivity contribution is 7.16. The number of aromatic nitrogens is 1. The molecular weight excluding hydrogens is 387 g/mol. The smallest absolute Gasteiger partial charge is 0.279 e. The molecule has 0 atom stereocenters. The minimum Gasteiger partial charge on any atom is -0.457 e. The molecule has 0 radical (unpaired) electrons. The van der Waals surface area contributed by atoms with Crippen LogP contribution in [0, 0.1) is 18.2 Å². The second-order valence-corrected chi connectivity index (χ2v) is 7.16. The number of ether oxygens (including phenoxy) is 1. The zero-order valence-electron chi connectivity index (χ0n) is 15.2. The van der Waals surface area contributed by atoms with Crippen LogP contribution < -0.4 is 9.54 Å². The van der Waals surface area contributed by atoms with Crippen molar-refractivity contribution in [1.29, 1.82) is 0 Å². The summed E-state index contributed by atoms with van der Waals surface area (Å²) in [5.41, 5.74) is 1.12. The van der Waals surface area contributed by atoms with Gasteiger partial charge in [0.1, 0.15) is 17.3 Å². The van der Waals surface area contributed by atoms with E-state index in [2.05, 4.69) is 10.9 Å². The third-order valence-electron chi connectivity index (χ3n) is 4.15. The van der Waals surface area contributed by atoms with Gasteiger partial charge in [-0.05, 0) is 48.5 Å². The number of hydrogen-bond donors (Lipinski definition) is 0. The molecule has 0 aliphatic rings. The highest BCUT2D eigenvalue weighted by atomic mass is 32.1. The van der Waals surface area contributed by atoms with Gasteiger partial charge in [-0.25, -0.2) is 4.39 Å². The van der Waals surface area contributed by atoms with Crippen LogP contribution in [-0.4, -0.2) is 10.5 Å². The first-order valence-corrected chi connectivity index (χ1v) is 9.60. The highest BCUT2D eigenvalue weighted by Crippen LogP contribution is 2.22. The maximum atomic E-state index is 13.6. The van der Waals surface area contributed by atoms with Crippen molar-refractivity contribution < 1.29 is 13.9 Å². The third-order valence-corrected chi connectivity index (χ3v) is 5.19. The molecule has 0 fully saturated rings. The fraction of sp³-hybridized carbons (Fsp3) is 0.0435. The number of terminal acetylenes is 1. The summed E-state index contributed by atoms with van der Waals surface area (Å²) in [6.07, 6.45) is 5.46. The molecule has 0 N–H and O–H groups in total. The summed E-state index contributed by atoms with van der Waals surface area (Å²) in [6, 6.07) is 20.5. The molecule has 6 heteroatoms. The number of halogens is 1. The fourth-order valence-electron chi connectivity index (χ4n) is 2.85. The average molecular weight is 402 g/mol. The maximum Gasteiger partial charge on any atom is 0.279 e. The van der Waals surface area contributed by atoms with E-state index in [1.54, 1.807) is 34.9 Å². The van der Waals surface area contributed by atoms with Gasteiger partial charge in [-0.2, -0.15) is 4.99 Å². The number of benzene rings is 3. The van der Waals surface area contributed by atoms with Crippen LogP contribution in [0.4, 0.5) is 4.39 Å². The number of para-hydroxylation sites is 1. The van der Waals surface area contributed by atoms with E-state index in [0.29, 0.717) is 26.6 Å². The van der Waals surface area contributed by atoms with Gasteiger partial charge in [0.15, 0.2) is 4.80 Å². The van der Waals surface area contributed by atoms with Crippen molar-refractivity contribution in [3.63, 3.8) is 0 Å². The Bertz CT molecular complexity index is 1300. The van der Waals surface area contributed by atoms with Crippen LogP contribution in [0.15, 0.2) is 77.8 Å². The van der Waals surface area contributed by atoms with Crippen LogP contribution in [0.2, 0.25) is 0 Å². The maximum absolute atomic E-state index is 13.6. The summed E-state index contributed by atoms with van der Waals surface area (Å²) in [5, 5.41) is 0. The summed E-state index contributed by atoms with van der Waals surface area (Å²) < 4.78 is 21.7. The molecule has 0 spiro atoms. The van der Waals surface area contributed by atoms with Gasteiger partial charge in [-0.1, -0.05) is 41.5 Å². The fourth-order valence-corrected chi connectivity index (χ4v) is 3.90. The normalized spacial score (nSPS) is 11.4. The van der Waals surface area contributed by atoms with Crippen LogP contribution in [-0.2, 0) is 6.54 Å². The van der Waals surface area contributed by atoms with Gasteiger partial charge in [0.05, 0.1) is 16.8 Å². The van der Waals surface area contributed by atoms with Crippen molar-refractivity contribution in [2.24, 2.45) is 4.99 Å². The minimum absolute atomic E-state index is 0.231. The first-order valence-electron chi connectivity index (χ1n) is 8.78. The standard InChI is InChI=1S/C23H15FN2O2S/c1-2-13-26-20-12-11-17(24)15-21(20)29-23(26)25-22(27)16-7-6-10-19(14-16)28-18-8-4-3-5-9-18/h1,3-12,14-15H,13H2. The highest BCUT2D eigenvalue weighted by Gasteiger charge is 2.10. The van der Waals surface area contributed by atoms with Crippen molar-refractivity contribution in [3.8, 4) is 23.8 Å². The van der Waals surface area contributed by atoms with Crippen molar-refractivity contribution in [1.82, 2.24) is 4.57 Å². The van der Waals surface area contributed by atoms with Gasteiger partial charge in [0.25, 0.3) is 5.91 Å². The molecule has 0 aliphatic heterocycles. The van der Waals surface area contributed by atoms with E-state index in [1.807, 2.05) is 30.3 Å². The molecule has 4 rings (SSSR count). The average Bonchev–Trinajstić information content (AvgIpc) is 3.05. The second-order valence-electron chi connectivity index (χ2n) is 6.15. The van der Waals surface area contributed by atoms with E-state index in [9.17, 15) is 9.18 Å². The van der Waals surface area contributed by atoms with Gasteiger partial charge >= 0.3 is 0 Å². The zero-order chi connectivity index (χ0) is 20.2. The molecular formula is C23H15FN2O2S. The summed E-state index contributed by atoms with van der Waals surface area (Å²) in [7, 11) is 0. The number of amides is 1. The molecule has 1 amide bonds. The van der Waals surface area contributed by atoms with Crippen LogP contribution in [0.25, 0.3) is 10.2 Å². The number of hydrogen-bond acceptors (Lipinski definition) is 3. The van der Waals surface area contributed by atoms with Gasteiger partial charge in [0.2, 0.25) is 0 Å². The Morgan fingerprint density at radius 1 is 1.07 bits per heavy atom. The third kappa shape index (κ3) is 4.10. The SMILES string of the molecule is C#CCn1c(=NC(=O)c2cccc(Oc3ccccc3)c2)sc2cc(F)ccc21. The van der Waals surface area contributed by atoms with E-state index < -0.39 is 5.91 Å². The number of carbonyl (C=O) groups is 1. The molecule has 1 heterocycles. The van der Waals surface area contributed by atoms with Crippen LogP contribution in [0.5, 0.6) is 11.5 Å². The Hall–Kier alpha value is -3.69. The van der Waals surface area contributed by atoms with Gasteiger partial charge in [-0.3, -0.25) is 4.79 Å². The molecule has 0 bridgehead atoms. The molecule has 0 saturated heterocycles. The molecule has 3 aromatic carbocycles. The molecule has 29 heavy (non-hydrogen) atoms. The topological polar surface area (TPSA) is 43.6 Å². The van der Waals surface area contributed by atoms with Crippen molar-refractivity contribution >= 4 is 27.5 Å². The first kappa shape index (κ1) is 18.7. The molecule has 0 unspecified atom stereocenters. The first-order chi connectivity index (χ1) is 14.1. The number of nitrogens with zero attached hydrogens (tertiary/aromatic N) is 2. The minimum atomic E-state index is -0.429. The van der Waals surface area contributed by atoms with Gasteiger partial charge < -0.3 is 9.30 Å². The van der Waals surface area contributed by atoms with Crippen LogP contribution in [0.3, 0.4) is 0 Å². The molecule has 0 aliphatic carbocycles. The predicted octanol–water partition coefficient (Wildman–Crippen LogP) is 5.01. The van der Waals surface area contributed by atoms with Crippen molar-refractivity contribution in [2.75, 3.05) is 0 Å². The Labute approximate surface area is 170 Å². The lowest BCUT2D eigenvalue weighted by Crippen LogP contribution is -2.16. The van der Waals surface area contributed by atoms with Crippen molar-refractivity contribution in [3.05, 3.63) is 89.0 Å². The van der Waals surface area contributed by atoms with E-state index in [0.717, 1.165) is 5.52 Å². The molecule has 0 saturated carbocycles. The lowest BCUT2D eigenvalue weighted by Gasteiger charge is -2.06. The lowest BCUT2D eigenvalue weighted by molar-refractivity contribution is 0.0997. The Kier molecular flexibility index (Phi) is 5.23. The van der Waals surface area contributed by atoms with Gasteiger partial charge in [-0.15, -0.1) is 6.42 Å². The van der Waals surface area contributed by atoms with E-state index in [4.69, 9.17) is 11.2 Å². The summed E-state index contributed by atoms with van der Waals surface area (Å²) in [6.45, 7) is 0.231. The Morgan fingerprint density at radius 2 is 1.86 bits per heavy atom. The zero-order valence-corrected chi connectivity index (χ0v) is 16.0. The number of rotatable bonds is 4. The summed E-state index contributed by atoms with van der Waals surface area (Å²) >= 11 is 1.22. The lowest BCUT2D eigenvalue weighted by atomic mass is 10.2. The number of thiazole rings is 1. The Balaban J connectivity index is 1.70. The quantitative estimate of drug-likeness (QED) is 0.451. The summed E-state index contributed by atoms with van der Waals surface area (Å²) in [4.78, 5) is 17.4. The van der Waals surface area contributed by atoms with E-state index >= 15 is 0 Å². The number of fused-ring (bicyclic) bond motifs is 1. The molecule has 1 aromatic heterocycles. The second kappa shape index (κ2) is 8.13. The number of carbonyl (C=O) groups excluding carboxylic acids is 1. The van der Waals surface area contributed by atoms with Crippen molar-refractivity contribution in [2.45, 2.75) is 6.54 Å². The van der Waals surface area contributed by atoms with E-state index in [-0.39, 0.29) is 12.4 Å². The summed E-state index contributed by atoms with van der Waals surface area (Å²) in [5.74, 6) is 2.98. The molecule has 4 aromatic rings. The Morgan fingerprint density at radius 3 is 2.66 bits per heavy atom. The van der Waals surface area contributed by atoms with E-state index in [1.165, 1.54) is 23.5 Å².